The van der Waals surface area contributed by atoms with E-state index in [9.17, 15) is 4.79 Å². The van der Waals surface area contributed by atoms with Crippen molar-refractivity contribution in [2.45, 2.75) is 0 Å². The molecule has 0 unspecified atom stereocenters. The first-order valence-electron chi connectivity index (χ1n) is 11.3. The molecule has 0 saturated heterocycles. The Bertz CT molecular complexity index is 1490. The fraction of sp³-hybridized carbons (Fsp3) is 0. The minimum atomic E-state index is -0.283. The van der Waals surface area contributed by atoms with Crippen LogP contribution in [0.2, 0.25) is 10.0 Å². The number of hydrogen-bond acceptors (Lipinski definition) is 3. The first-order valence-corrected chi connectivity index (χ1v) is 12.1. The van der Waals surface area contributed by atoms with Crippen LogP contribution in [0, 0.1) is 0 Å². The van der Waals surface area contributed by atoms with Crippen LogP contribution in [0.5, 0.6) is 0 Å². The van der Waals surface area contributed by atoms with Crippen molar-refractivity contribution in [1.29, 1.82) is 0 Å². The molecule has 2 N–H and O–H groups in total. The molecule has 4 aromatic carbocycles. The van der Waals surface area contributed by atoms with Crippen LogP contribution in [0.25, 0.3) is 22.4 Å². The summed E-state index contributed by atoms with van der Waals surface area (Å²) in [7, 11) is 0. The fourth-order valence-electron chi connectivity index (χ4n) is 3.86. The van der Waals surface area contributed by atoms with E-state index >= 15 is 0 Å². The lowest BCUT2D eigenvalue weighted by Gasteiger charge is -2.18. The van der Waals surface area contributed by atoms with Gasteiger partial charge >= 0.3 is 0 Å². The molecule has 36 heavy (non-hydrogen) atoms. The van der Waals surface area contributed by atoms with Gasteiger partial charge in [-0.3, -0.25) is 4.79 Å². The molecule has 5 aromatic rings. The summed E-state index contributed by atoms with van der Waals surface area (Å²) in [6, 6.07) is 35.8. The average Bonchev–Trinajstić information content (AvgIpc) is 2.91. The Labute approximate surface area is 219 Å². The number of carbonyl (C=O) groups is 1. The molecule has 6 heteroatoms. The van der Waals surface area contributed by atoms with E-state index in [-0.39, 0.29) is 5.91 Å². The Balaban J connectivity index is 1.71. The van der Waals surface area contributed by atoms with E-state index in [2.05, 4.69) is 10.6 Å². The quantitative estimate of drug-likeness (QED) is 0.240. The number of hydrogen-bond donors (Lipinski definition) is 2. The maximum absolute atomic E-state index is 13.7. The number of pyridine rings is 1. The minimum absolute atomic E-state index is 0.283. The van der Waals surface area contributed by atoms with Crippen LogP contribution in [-0.2, 0) is 0 Å². The van der Waals surface area contributed by atoms with Crippen molar-refractivity contribution in [2.75, 3.05) is 10.6 Å². The van der Waals surface area contributed by atoms with E-state index in [0.29, 0.717) is 27.1 Å². The number of rotatable bonds is 6. The van der Waals surface area contributed by atoms with Crippen LogP contribution in [0.4, 0.5) is 17.2 Å². The average molecular weight is 510 g/mol. The number of benzene rings is 4. The molecule has 1 aromatic heterocycles. The van der Waals surface area contributed by atoms with Gasteiger partial charge in [0.1, 0.15) is 5.82 Å². The standard InChI is InChI=1S/C30H21Cl2N3O/c31-22-13-11-20(12-14-22)26-19-27(21-7-3-1-4-8-21)35-29(33-25-17-15-23(32)16-18-25)28(26)30(36)34-24-9-5-2-6-10-24/h1-19H,(H,33,35)(H,34,36). The summed E-state index contributed by atoms with van der Waals surface area (Å²) in [6.45, 7) is 0. The zero-order chi connectivity index (χ0) is 24.9. The molecule has 0 radical (unpaired) electrons. The number of para-hydroxylation sites is 1. The first kappa shape index (κ1) is 23.6. The summed E-state index contributed by atoms with van der Waals surface area (Å²) in [5.41, 5.74) is 5.09. The summed E-state index contributed by atoms with van der Waals surface area (Å²) in [5.74, 6) is 0.145. The van der Waals surface area contributed by atoms with Crippen LogP contribution in [0.1, 0.15) is 10.4 Å². The molecule has 4 nitrogen and oxygen atoms in total. The second-order valence-electron chi connectivity index (χ2n) is 8.10. The number of halogens is 2. The van der Waals surface area contributed by atoms with Crippen molar-refractivity contribution >= 4 is 46.3 Å². The molecule has 0 aliphatic heterocycles. The van der Waals surface area contributed by atoms with Crippen molar-refractivity contribution in [1.82, 2.24) is 4.98 Å². The van der Waals surface area contributed by atoms with Gasteiger partial charge in [0.25, 0.3) is 5.91 Å². The third-order valence-corrected chi connectivity index (χ3v) is 6.11. The molecule has 0 bridgehead atoms. The molecule has 5 rings (SSSR count). The van der Waals surface area contributed by atoms with Gasteiger partial charge < -0.3 is 10.6 Å². The zero-order valence-corrected chi connectivity index (χ0v) is 20.6. The monoisotopic (exact) mass is 509 g/mol. The van der Waals surface area contributed by atoms with Crippen molar-refractivity contribution in [3.63, 3.8) is 0 Å². The smallest absolute Gasteiger partial charge is 0.260 e. The Morgan fingerprint density at radius 3 is 1.86 bits per heavy atom. The van der Waals surface area contributed by atoms with Gasteiger partial charge in [-0.2, -0.15) is 0 Å². The second kappa shape index (κ2) is 10.6. The summed E-state index contributed by atoms with van der Waals surface area (Å²) in [5, 5.41) is 7.59. The highest BCUT2D eigenvalue weighted by Gasteiger charge is 2.22. The number of anilines is 3. The number of nitrogens with zero attached hydrogens (tertiary/aromatic N) is 1. The van der Waals surface area contributed by atoms with Gasteiger partial charge in [0.05, 0.1) is 11.3 Å². The number of aromatic nitrogens is 1. The highest BCUT2D eigenvalue weighted by molar-refractivity contribution is 6.31. The lowest BCUT2D eigenvalue weighted by atomic mass is 9.97. The largest absolute Gasteiger partial charge is 0.340 e. The maximum Gasteiger partial charge on any atom is 0.260 e. The van der Waals surface area contributed by atoms with E-state index in [0.717, 1.165) is 28.1 Å². The minimum Gasteiger partial charge on any atom is -0.340 e. The van der Waals surface area contributed by atoms with Gasteiger partial charge in [0.15, 0.2) is 0 Å². The number of carbonyl (C=O) groups excluding carboxylic acids is 1. The van der Waals surface area contributed by atoms with Gasteiger partial charge in [-0.15, -0.1) is 0 Å². The normalized spacial score (nSPS) is 10.6. The Morgan fingerprint density at radius 1 is 0.639 bits per heavy atom. The van der Waals surface area contributed by atoms with E-state index < -0.39 is 0 Å². The van der Waals surface area contributed by atoms with Gasteiger partial charge in [-0.1, -0.05) is 83.9 Å². The molecule has 1 amide bonds. The molecule has 176 valence electrons. The van der Waals surface area contributed by atoms with E-state index in [4.69, 9.17) is 28.2 Å². The molecule has 0 aliphatic carbocycles. The molecular weight excluding hydrogens is 489 g/mol. The topological polar surface area (TPSA) is 54.0 Å². The molecular formula is C30H21Cl2N3O. The molecule has 0 saturated carbocycles. The molecule has 0 spiro atoms. The Hall–Kier alpha value is -4.12. The SMILES string of the molecule is O=C(Nc1ccccc1)c1c(-c2ccc(Cl)cc2)cc(-c2ccccc2)nc1Nc1ccc(Cl)cc1. The molecule has 1 heterocycles. The van der Waals surface area contributed by atoms with Crippen molar-refractivity contribution in [2.24, 2.45) is 0 Å². The zero-order valence-electron chi connectivity index (χ0n) is 19.1. The fourth-order valence-corrected chi connectivity index (χ4v) is 4.12. The summed E-state index contributed by atoms with van der Waals surface area (Å²) >= 11 is 12.3. The van der Waals surface area contributed by atoms with Crippen LogP contribution in [0.15, 0.2) is 115 Å². The highest BCUT2D eigenvalue weighted by atomic mass is 35.5. The maximum atomic E-state index is 13.7. The predicted octanol–water partition coefficient (Wildman–Crippen LogP) is 8.72. The van der Waals surface area contributed by atoms with E-state index in [1.807, 2.05) is 103 Å². The highest BCUT2D eigenvalue weighted by Crippen LogP contribution is 2.35. The van der Waals surface area contributed by atoms with Crippen LogP contribution < -0.4 is 10.6 Å². The molecule has 0 fully saturated rings. The lowest BCUT2D eigenvalue weighted by Crippen LogP contribution is -2.16. The summed E-state index contributed by atoms with van der Waals surface area (Å²) < 4.78 is 0. The van der Waals surface area contributed by atoms with E-state index in [1.165, 1.54) is 0 Å². The van der Waals surface area contributed by atoms with Crippen LogP contribution in [0.3, 0.4) is 0 Å². The third kappa shape index (κ3) is 5.41. The van der Waals surface area contributed by atoms with Gasteiger partial charge in [0, 0.05) is 32.5 Å². The van der Waals surface area contributed by atoms with Crippen LogP contribution >= 0.6 is 23.2 Å². The van der Waals surface area contributed by atoms with E-state index in [1.54, 1.807) is 12.1 Å². The molecule has 0 aliphatic rings. The first-order chi connectivity index (χ1) is 17.6. The van der Waals surface area contributed by atoms with Gasteiger partial charge in [0.2, 0.25) is 0 Å². The predicted molar refractivity (Wildman–Crippen MR) is 149 cm³/mol. The van der Waals surface area contributed by atoms with Gasteiger partial charge in [-0.05, 0) is 60.2 Å². The number of amides is 1. The Kier molecular flexibility index (Phi) is 6.99. The van der Waals surface area contributed by atoms with Crippen molar-refractivity contribution in [3.8, 4) is 22.4 Å². The second-order valence-corrected chi connectivity index (χ2v) is 8.98. The van der Waals surface area contributed by atoms with Crippen LogP contribution in [-0.4, -0.2) is 10.9 Å². The molecule has 0 atom stereocenters. The summed E-state index contributed by atoms with van der Waals surface area (Å²) in [4.78, 5) is 18.6. The van der Waals surface area contributed by atoms with Crippen molar-refractivity contribution < 1.29 is 4.79 Å². The lowest BCUT2D eigenvalue weighted by molar-refractivity contribution is 0.102. The van der Waals surface area contributed by atoms with Crippen molar-refractivity contribution in [3.05, 3.63) is 131 Å². The third-order valence-electron chi connectivity index (χ3n) is 5.61. The summed E-state index contributed by atoms with van der Waals surface area (Å²) in [6.07, 6.45) is 0. The van der Waals surface area contributed by atoms with Gasteiger partial charge in [-0.25, -0.2) is 4.98 Å². The number of nitrogens with one attached hydrogen (secondary N) is 2. The Morgan fingerprint density at radius 2 is 1.22 bits per heavy atom.